The van der Waals surface area contributed by atoms with Crippen LogP contribution in [0.15, 0.2) is 52.3 Å². The van der Waals surface area contributed by atoms with Crippen molar-refractivity contribution in [3.05, 3.63) is 59.3 Å². The molecular formula is C24H28N2O7. The van der Waals surface area contributed by atoms with Gasteiger partial charge in [0.15, 0.2) is 23.0 Å². The minimum absolute atomic E-state index is 0.00598. The van der Waals surface area contributed by atoms with Crippen LogP contribution in [0.1, 0.15) is 28.6 Å². The van der Waals surface area contributed by atoms with E-state index in [-0.39, 0.29) is 11.3 Å². The highest BCUT2D eigenvalue weighted by Gasteiger charge is 2.44. The topological polar surface area (TPSA) is 102 Å². The number of amides is 1. The Morgan fingerprint density at radius 1 is 1.12 bits per heavy atom. The van der Waals surface area contributed by atoms with Crippen LogP contribution in [0.4, 0.5) is 0 Å². The van der Waals surface area contributed by atoms with Gasteiger partial charge in [-0.2, -0.15) is 0 Å². The van der Waals surface area contributed by atoms with Crippen molar-refractivity contribution in [3.63, 3.8) is 0 Å². The number of aliphatic hydroxyl groups is 1. The Morgan fingerprint density at radius 2 is 1.88 bits per heavy atom. The van der Waals surface area contributed by atoms with Crippen molar-refractivity contribution in [1.82, 2.24) is 9.80 Å². The third kappa shape index (κ3) is 4.60. The van der Waals surface area contributed by atoms with Crippen molar-refractivity contribution < 1.29 is 33.3 Å². The number of nitrogens with zero attached hydrogens (tertiary/aromatic N) is 2. The first-order chi connectivity index (χ1) is 16.0. The Bertz CT molecular complexity index is 1030. The molecule has 0 aliphatic carbocycles. The second kappa shape index (κ2) is 10.1. The lowest BCUT2D eigenvalue weighted by atomic mass is 9.94. The van der Waals surface area contributed by atoms with E-state index in [1.54, 1.807) is 24.3 Å². The second-order valence-corrected chi connectivity index (χ2v) is 7.89. The number of rotatable bonds is 9. The summed E-state index contributed by atoms with van der Waals surface area (Å²) in [6.45, 7) is 4.24. The van der Waals surface area contributed by atoms with Crippen molar-refractivity contribution in [2.24, 2.45) is 0 Å². The number of ether oxygens (including phenoxy) is 3. The fourth-order valence-electron chi connectivity index (χ4n) is 4.32. The monoisotopic (exact) mass is 456 g/mol. The summed E-state index contributed by atoms with van der Waals surface area (Å²) in [5.74, 6) is -0.607. The maximum atomic E-state index is 13.2. The highest BCUT2D eigenvalue weighted by molar-refractivity contribution is 6.15. The summed E-state index contributed by atoms with van der Waals surface area (Å²) < 4.78 is 21.4. The van der Waals surface area contributed by atoms with Crippen LogP contribution >= 0.6 is 0 Å². The molecular weight excluding hydrogens is 428 g/mol. The first-order valence-corrected chi connectivity index (χ1v) is 10.9. The molecule has 1 fully saturated rings. The Kier molecular flexibility index (Phi) is 7.00. The molecule has 0 saturated carbocycles. The molecule has 1 saturated heterocycles. The van der Waals surface area contributed by atoms with Crippen molar-refractivity contribution in [1.29, 1.82) is 0 Å². The van der Waals surface area contributed by atoms with Gasteiger partial charge in [0.1, 0.15) is 0 Å². The number of furan rings is 1. The predicted octanol–water partition coefficient (Wildman–Crippen LogP) is 2.60. The first kappa shape index (κ1) is 22.9. The number of hydrogen-bond acceptors (Lipinski definition) is 8. The first-order valence-electron chi connectivity index (χ1n) is 10.9. The van der Waals surface area contributed by atoms with Crippen molar-refractivity contribution >= 4 is 11.7 Å². The van der Waals surface area contributed by atoms with Crippen LogP contribution in [0.2, 0.25) is 0 Å². The highest BCUT2D eigenvalue weighted by Crippen LogP contribution is 2.41. The number of Topliss-reactive ketones (excluding diaryl/α,β-unsaturated/α-hetero) is 1. The second-order valence-electron chi connectivity index (χ2n) is 7.89. The molecule has 1 aromatic carbocycles. The van der Waals surface area contributed by atoms with Gasteiger partial charge >= 0.3 is 0 Å². The summed E-state index contributed by atoms with van der Waals surface area (Å²) in [6, 6.07) is 7.53. The zero-order valence-electron chi connectivity index (χ0n) is 18.8. The molecule has 2 aliphatic rings. The zero-order valence-corrected chi connectivity index (χ0v) is 18.8. The third-order valence-corrected chi connectivity index (χ3v) is 5.99. The van der Waals surface area contributed by atoms with Gasteiger partial charge in [0.05, 0.1) is 45.3 Å². The Balaban J connectivity index is 1.65. The van der Waals surface area contributed by atoms with Gasteiger partial charge < -0.3 is 28.6 Å². The van der Waals surface area contributed by atoms with Gasteiger partial charge in [-0.3, -0.25) is 14.5 Å². The van der Waals surface area contributed by atoms with Crippen molar-refractivity contribution in [2.75, 3.05) is 53.6 Å². The van der Waals surface area contributed by atoms with E-state index >= 15 is 0 Å². The van der Waals surface area contributed by atoms with E-state index in [1.165, 1.54) is 31.4 Å². The van der Waals surface area contributed by atoms with Gasteiger partial charge in [-0.15, -0.1) is 0 Å². The lowest BCUT2D eigenvalue weighted by molar-refractivity contribution is -0.129. The van der Waals surface area contributed by atoms with Gasteiger partial charge in [-0.05, 0) is 36.2 Å². The zero-order chi connectivity index (χ0) is 23.4. The van der Waals surface area contributed by atoms with E-state index in [1.807, 2.05) is 0 Å². The van der Waals surface area contributed by atoms with Crippen molar-refractivity contribution in [3.8, 4) is 11.5 Å². The average molecular weight is 456 g/mol. The van der Waals surface area contributed by atoms with Crippen LogP contribution in [-0.4, -0.2) is 80.2 Å². The van der Waals surface area contributed by atoms with E-state index in [0.717, 1.165) is 19.6 Å². The van der Waals surface area contributed by atoms with E-state index in [0.29, 0.717) is 43.2 Å². The van der Waals surface area contributed by atoms with E-state index < -0.39 is 23.5 Å². The minimum atomic E-state index is -0.778. The van der Waals surface area contributed by atoms with Crippen molar-refractivity contribution in [2.45, 2.75) is 12.5 Å². The number of methoxy groups -OCH3 is 2. The molecule has 4 rings (SSSR count). The Hall–Kier alpha value is -3.30. The summed E-state index contributed by atoms with van der Waals surface area (Å²) in [5, 5.41) is 10.7. The summed E-state index contributed by atoms with van der Waals surface area (Å²) in [6.07, 6.45) is 2.07. The molecule has 9 heteroatoms. The lowest BCUT2D eigenvalue weighted by Gasteiger charge is -2.30. The van der Waals surface area contributed by atoms with Crippen LogP contribution in [0, 0.1) is 0 Å². The number of carbonyl (C=O) groups excluding carboxylic acids is 2. The Labute approximate surface area is 192 Å². The quantitative estimate of drug-likeness (QED) is 0.575. The van der Waals surface area contributed by atoms with Gasteiger partial charge in [-0.1, -0.05) is 6.07 Å². The lowest BCUT2D eigenvalue weighted by Crippen LogP contribution is -2.39. The fourth-order valence-corrected chi connectivity index (χ4v) is 4.32. The molecule has 1 amide bonds. The fraction of sp³-hybridized carbons (Fsp3) is 0.417. The maximum absolute atomic E-state index is 13.2. The average Bonchev–Trinajstić information content (AvgIpc) is 3.47. The molecule has 0 radical (unpaired) electrons. The number of carbonyl (C=O) groups is 2. The Morgan fingerprint density at radius 3 is 2.55 bits per heavy atom. The van der Waals surface area contributed by atoms with Crippen LogP contribution < -0.4 is 9.47 Å². The number of hydrogen-bond donors (Lipinski definition) is 1. The summed E-state index contributed by atoms with van der Waals surface area (Å²) in [5.41, 5.74) is 0.625. The summed E-state index contributed by atoms with van der Waals surface area (Å²) in [4.78, 5) is 30.1. The van der Waals surface area contributed by atoms with Gasteiger partial charge in [0, 0.05) is 26.2 Å². The van der Waals surface area contributed by atoms with Crippen LogP contribution in [0.5, 0.6) is 11.5 Å². The largest absolute Gasteiger partial charge is 0.503 e. The molecule has 2 aliphatic heterocycles. The van der Waals surface area contributed by atoms with Crippen LogP contribution in [-0.2, 0) is 9.53 Å². The van der Waals surface area contributed by atoms with Crippen LogP contribution in [0.25, 0.3) is 0 Å². The van der Waals surface area contributed by atoms with Gasteiger partial charge in [0.25, 0.3) is 5.91 Å². The van der Waals surface area contributed by atoms with E-state index in [2.05, 4.69) is 4.90 Å². The van der Waals surface area contributed by atoms with E-state index in [9.17, 15) is 14.7 Å². The minimum Gasteiger partial charge on any atom is -0.503 e. The molecule has 33 heavy (non-hydrogen) atoms. The molecule has 176 valence electrons. The third-order valence-electron chi connectivity index (χ3n) is 5.99. The smallest absolute Gasteiger partial charge is 0.290 e. The molecule has 1 N–H and O–H groups in total. The molecule has 1 atom stereocenters. The number of ketones is 1. The molecule has 9 nitrogen and oxygen atoms in total. The highest BCUT2D eigenvalue weighted by atomic mass is 16.5. The van der Waals surface area contributed by atoms with Gasteiger partial charge in [0.2, 0.25) is 5.78 Å². The standard InChI is InChI=1S/C24H28N2O7/c1-30-17-7-6-16(15-19(17)31-2)21-20(22(27)18-5-3-12-33-18)23(28)24(29)26(21)9-4-8-25-10-13-32-14-11-25/h3,5-7,12,15,21,28H,4,8-11,13-14H2,1-2H3/t21-/m1/s1. The van der Waals surface area contributed by atoms with Gasteiger partial charge in [-0.25, -0.2) is 0 Å². The molecule has 0 unspecified atom stereocenters. The number of aliphatic hydroxyl groups excluding tert-OH is 1. The molecule has 0 spiro atoms. The molecule has 1 aromatic heterocycles. The predicted molar refractivity (Wildman–Crippen MR) is 119 cm³/mol. The molecule has 0 bridgehead atoms. The molecule has 3 heterocycles. The number of benzene rings is 1. The summed E-state index contributed by atoms with van der Waals surface area (Å²) >= 11 is 0. The summed E-state index contributed by atoms with van der Waals surface area (Å²) in [7, 11) is 3.05. The maximum Gasteiger partial charge on any atom is 0.290 e. The molecule has 2 aromatic rings. The number of morpholine rings is 1. The normalized spacial score (nSPS) is 19.3. The van der Waals surface area contributed by atoms with Crippen LogP contribution in [0.3, 0.4) is 0 Å². The van der Waals surface area contributed by atoms with E-state index in [4.69, 9.17) is 18.6 Å². The SMILES string of the molecule is COc1ccc([C@@H]2C(C(=O)c3ccco3)=C(O)C(=O)N2CCCN2CCOCC2)cc1OC.